The van der Waals surface area contributed by atoms with Crippen molar-refractivity contribution < 1.29 is 31.4 Å². The molecule has 4 unspecified atom stereocenters. The Morgan fingerprint density at radius 2 is 1.67 bits per heavy atom. The lowest BCUT2D eigenvalue weighted by atomic mass is 10.0. The number of alkyl halides is 3. The van der Waals surface area contributed by atoms with E-state index in [0.717, 1.165) is 17.7 Å². The number of anilines is 1. The summed E-state index contributed by atoms with van der Waals surface area (Å²) in [6, 6.07) is 9.15. The van der Waals surface area contributed by atoms with Crippen molar-refractivity contribution in [2.24, 2.45) is 0 Å². The Morgan fingerprint density at radius 3 is 2.26 bits per heavy atom. The van der Waals surface area contributed by atoms with E-state index in [-0.39, 0.29) is 26.2 Å². The van der Waals surface area contributed by atoms with Crippen LogP contribution in [0, 0.1) is 6.92 Å². The van der Waals surface area contributed by atoms with Gasteiger partial charge < -0.3 is 9.84 Å². The van der Waals surface area contributed by atoms with E-state index in [0.29, 0.717) is 0 Å². The van der Waals surface area contributed by atoms with Crippen LogP contribution in [0.5, 0.6) is 5.75 Å². The van der Waals surface area contributed by atoms with E-state index in [1.54, 1.807) is 6.92 Å². The molecule has 9 heteroatoms. The van der Waals surface area contributed by atoms with Crippen LogP contribution in [0.15, 0.2) is 47.4 Å². The second-order valence-corrected chi connectivity index (χ2v) is 8.06. The first-order chi connectivity index (χ1) is 12.7. The lowest BCUT2D eigenvalue weighted by Crippen LogP contribution is -2.45. The van der Waals surface area contributed by atoms with Crippen molar-refractivity contribution in [2.75, 3.05) is 11.4 Å². The van der Waals surface area contributed by atoms with E-state index in [9.17, 15) is 26.7 Å². The summed E-state index contributed by atoms with van der Waals surface area (Å²) >= 11 is 0. The van der Waals surface area contributed by atoms with Crippen LogP contribution in [0.2, 0.25) is 0 Å². The monoisotopic (exact) mass is 401 g/mol. The minimum Gasteiger partial charge on any atom is -0.497 e. The third-order valence-corrected chi connectivity index (χ3v) is 6.25. The number of rotatable bonds is 3. The molecule has 146 valence electrons. The topological polar surface area (TPSA) is 66.8 Å². The highest BCUT2D eigenvalue weighted by Crippen LogP contribution is 2.42. The molecular formula is C18H18F3NO4S. The van der Waals surface area contributed by atoms with Gasteiger partial charge in [0.2, 0.25) is 6.30 Å². The van der Waals surface area contributed by atoms with E-state index < -0.39 is 34.8 Å². The molecule has 0 spiro atoms. The SMILES string of the molecule is COc1ccc2c(c1)C(O)C(F)C(F)C(F)N2S(=O)(=O)c1ccc(C)cc1. The van der Waals surface area contributed by atoms with Gasteiger partial charge in [0, 0.05) is 5.56 Å². The first-order valence-electron chi connectivity index (χ1n) is 8.08. The maximum absolute atomic E-state index is 14.8. The summed E-state index contributed by atoms with van der Waals surface area (Å²) in [4.78, 5) is -0.281. The molecule has 3 rings (SSSR count). The van der Waals surface area contributed by atoms with Crippen LogP contribution < -0.4 is 9.04 Å². The smallest absolute Gasteiger partial charge is 0.266 e. The van der Waals surface area contributed by atoms with E-state index >= 15 is 0 Å². The molecule has 2 aromatic carbocycles. The number of aliphatic hydroxyl groups is 1. The molecule has 0 aromatic heterocycles. The van der Waals surface area contributed by atoms with E-state index in [2.05, 4.69) is 0 Å². The zero-order valence-corrected chi connectivity index (χ0v) is 15.3. The van der Waals surface area contributed by atoms with Crippen molar-refractivity contribution in [3.8, 4) is 5.75 Å². The minimum absolute atomic E-state index is 0.180. The number of hydrogen-bond acceptors (Lipinski definition) is 4. The summed E-state index contributed by atoms with van der Waals surface area (Å²) in [7, 11) is -3.25. The Kier molecular flexibility index (Phi) is 5.09. The third kappa shape index (κ3) is 3.25. The Labute approximate surface area is 155 Å². The van der Waals surface area contributed by atoms with Crippen molar-refractivity contribution in [1.82, 2.24) is 0 Å². The number of fused-ring (bicyclic) bond motifs is 1. The maximum Gasteiger partial charge on any atom is 0.266 e. The number of nitrogens with zero attached hydrogens (tertiary/aromatic N) is 1. The van der Waals surface area contributed by atoms with Gasteiger partial charge in [-0.1, -0.05) is 17.7 Å². The van der Waals surface area contributed by atoms with Gasteiger partial charge >= 0.3 is 0 Å². The van der Waals surface area contributed by atoms with Gasteiger partial charge in [-0.2, -0.15) is 0 Å². The summed E-state index contributed by atoms with van der Waals surface area (Å²) in [6.07, 6.45) is -10.4. The van der Waals surface area contributed by atoms with Gasteiger partial charge in [-0.25, -0.2) is 25.9 Å². The molecule has 2 aromatic rings. The number of methoxy groups -OCH3 is 1. The third-order valence-electron chi connectivity index (χ3n) is 4.46. The van der Waals surface area contributed by atoms with Gasteiger partial charge in [-0.3, -0.25) is 0 Å². The normalized spacial score (nSPS) is 25.6. The number of aliphatic hydroxyl groups excluding tert-OH is 1. The predicted octanol–water partition coefficient (Wildman–Crippen LogP) is 3.22. The Bertz CT molecular complexity index is 936. The highest BCUT2D eigenvalue weighted by Gasteiger charge is 2.48. The molecule has 0 radical (unpaired) electrons. The minimum atomic E-state index is -4.56. The Balaban J connectivity index is 2.24. The van der Waals surface area contributed by atoms with Gasteiger partial charge in [0.15, 0.2) is 12.3 Å². The van der Waals surface area contributed by atoms with Gasteiger partial charge in [0.25, 0.3) is 10.0 Å². The highest BCUT2D eigenvalue weighted by atomic mass is 32.2. The van der Waals surface area contributed by atoms with Gasteiger partial charge in [0.1, 0.15) is 11.9 Å². The fraction of sp³-hybridized carbons (Fsp3) is 0.333. The number of hydrogen-bond donors (Lipinski definition) is 1. The molecule has 0 bridgehead atoms. The largest absolute Gasteiger partial charge is 0.497 e. The molecule has 1 aliphatic heterocycles. The van der Waals surface area contributed by atoms with Gasteiger partial charge in [0.05, 0.1) is 17.7 Å². The van der Waals surface area contributed by atoms with E-state index in [4.69, 9.17) is 4.74 Å². The molecule has 1 aliphatic rings. The summed E-state index contributed by atoms with van der Waals surface area (Å²) < 4.78 is 74.7. The molecule has 27 heavy (non-hydrogen) atoms. The molecule has 5 nitrogen and oxygen atoms in total. The van der Waals surface area contributed by atoms with Crippen LogP contribution in [0.3, 0.4) is 0 Å². The standard InChI is InChI=1S/C18H18F3NO4S/c1-10-3-6-12(7-4-10)27(24,25)22-14-8-5-11(26-2)9-13(14)17(23)15(19)16(20)18(22)21/h3-9,15-18,23H,1-2H3. The summed E-state index contributed by atoms with van der Waals surface area (Å²) in [5.41, 5.74) is 0.147. The number of benzene rings is 2. The molecule has 0 fully saturated rings. The van der Waals surface area contributed by atoms with Crippen molar-refractivity contribution >= 4 is 15.7 Å². The maximum atomic E-state index is 14.8. The Hall–Kier alpha value is -2.26. The van der Waals surface area contributed by atoms with Crippen LogP contribution >= 0.6 is 0 Å². The van der Waals surface area contributed by atoms with Crippen LogP contribution in [0.25, 0.3) is 0 Å². The summed E-state index contributed by atoms with van der Waals surface area (Å²) in [5, 5.41) is 10.1. The second-order valence-electron chi connectivity index (χ2n) is 6.25. The lowest BCUT2D eigenvalue weighted by molar-refractivity contribution is 0.00260. The average Bonchev–Trinajstić information content (AvgIpc) is 2.72. The van der Waals surface area contributed by atoms with E-state index in [1.165, 1.54) is 37.4 Å². The fourth-order valence-corrected chi connectivity index (χ4v) is 4.46. The molecule has 0 saturated heterocycles. The molecule has 1 heterocycles. The number of halogens is 3. The first kappa shape index (κ1) is 19.5. The highest BCUT2D eigenvalue weighted by molar-refractivity contribution is 7.92. The van der Waals surface area contributed by atoms with Crippen LogP contribution in [0.1, 0.15) is 17.2 Å². The van der Waals surface area contributed by atoms with Gasteiger partial charge in [-0.05, 0) is 37.3 Å². The average molecular weight is 401 g/mol. The number of sulfonamides is 1. The fourth-order valence-electron chi connectivity index (χ4n) is 2.94. The summed E-state index contributed by atoms with van der Waals surface area (Å²) in [6.45, 7) is 1.74. The first-order valence-corrected chi connectivity index (χ1v) is 9.52. The number of ether oxygens (including phenoxy) is 1. The van der Waals surface area contributed by atoms with Crippen molar-refractivity contribution in [3.63, 3.8) is 0 Å². The van der Waals surface area contributed by atoms with Gasteiger partial charge in [-0.15, -0.1) is 0 Å². The summed E-state index contributed by atoms with van der Waals surface area (Å²) in [5.74, 6) is 0.181. The molecule has 1 N–H and O–H groups in total. The predicted molar refractivity (Wildman–Crippen MR) is 93.5 cm³/mol. The quantitative estimate of drug-likeness (QED) is 0.802. The van der Waals surface area contributed by atoms with Crippen molar-refractivity contribution in [1.29, 1.82) is 0 Å². The van der Waals surface area contributed by atoms with Crippen molar-refractivity contribution in [2.45, 2.75) is 36.6 Å². The lowest BCUT2D eigenvalue weighted by Gasteiger charge is -2.28. The van der Waals surface area contributed by atoms with Crippen LogP contribution in [-0.4, -0.2) is 39.3 Å². The Morgan fingerprint density at radius 1 is 1.04 bits per heavy atom. The van der Waals surface area contributed by atoms with Crippen LogP contribution in [-0.2, 0) is 10.0 Å². The zero-order chi connectivity index (χ0) is 19.9. The molecule has 4 atom stereocenters. The molecule has 0 saturated carbocycles. The number of aryl methyl sites for hydroxylation is 1. The van der Waals surface area contributed by atoms with E-state index in [1.807, 2.05) is 0 Å². The molecular weight excluding hydrogens is 383 g/mol. The van der Waals surface area contributed by atoms with Crippen LogP contribution in [0.4, 0.5) is 18.9 Å². The molecule has 0 aliphatic carbocycles. The second kappa shape index (κ2) is 7.05. The zero-order valence-electron chi connectivity index (χ0n) is 14.5. The van der Waals surface area contributed by atoms with Crippen molar-refractivity contribution in [3.05, 3.63) is 53.6 Å². The molecule has 0 amide bonds.